The van der Waals surface area contributed by atoms with Crippen LogP contribution in [0.1, 0.15) is 38.5 Å². The number of para-hydroxylation sites is 1. The first-order valence-electron chi connectivity index (χ1n) is 11.1. The smallest absolute Gasteiger partial charge is 0.231 e. The SMILES string of the molecule is CCCCn1c(SCC(=O)NC(C)c2cc3ccccc3o2)nnc1-c1ccc(OC)cc1. The summed E-state index contributed by atoms with van der Waals surface area (Å²) in [4.78, 5) is 12.6. The minimum absolute atomic E-state index is 0.0796. The molecule has 33 heavy (non-hydrogen) atoms. The fourth-order valence-electron chi connectivity index (χ4n) is 3.57. The van der Waals surface area contributed by atoms with E-state index in [2.05, 4.69) is 27.0 Å². The quantitative estimate of drug-likeness (QED) is 0.313. The molecule has 0 bridgehead atoms. The van der Waals surface area contributed by atoms with E-state index in [9.17, 15) is 4.79 Å². The molecule has 2 heterocycles. The second kappa shape index (κ2) is 10.6. The number of hydrogen-bond donors (Lipinski definition) is 1. The van der Waals surface area contributed by atoms with E-state index in [0.717, 1.165) is 58.4 Å². The molecule has 1 N–H and O–H groups in total. The van der Waals surface area contributed by atoms with Crippen molar-refractivity contribution in [1.82, 2.24) is 20.1 Å². The normalized spacial score (nSPS) is 12.1. The topological polar surface area (TPSA) is 82.2 Å². The van der Waals surface area contributed by atoms with Gasteiger partial charge in [0.1, 0.15) is 17.1 Å². The number of carbonyl (C=O) groups excluding carboxylic acids is 1. The van der Waals surface area contributed by atoms with Gasteiger partial charge < -0.3 is 19.0 Å². The maximum Gasteiger partial charge on any atom is 0.231 e. The van der Waals surface area contributed by atoms with Crippen molar-refractivity contribution < 1.29 is 13.9 Å². The van der Waals surface area contributed by atoms with Gasteiger partial charge in [0.2, 0.25) is 5.91 Å². The number of fused-ring (bicyclic) bond motifs is 1. The van der Waals surface area contributed by atoms with Crippen molar-refractivity contribution in [3.05, 3.63) is 60.4 Å². The molecule has 0 aliphatic heterocycles. The van der Waals surface area contributed by atoms with Crippen molar-refractivity contribution in [2.75, 3.05) is 12.9 Å². The average Bonchev–Trinajstić information content (AvgIpc) is 3.45. The number of methoxy groups -OCH3 is 1. The first-order chi connectivity index (χ1) is 16.1. The number of hydrogen-bond acceptors (Lipinski definition) is 6. The summed E-state index contributed by atoms with van der Waals surface area (Å²) in [6.45, 7) is 4.87. The Morgan fingerprint density at radius 2 is 1.97 bits per heavy atom. The number of nitrogens with zero attached hydrogens (tertiary/aromatic N) is 3. The maximum atomic E-state index is 12.6. The lowest BCUT2D eigenvalue weighted by Crippen LogP contribution is -2.28. The van der Waals surface area contributed by atoms with Crippen molar-refractivity contribution in [2.45, 2.75) is 44.4 Å². The van der Waals surface area contributed by atoms with Gasteiger partial charge in [-0.05, 0) is 49.7 Å². The molecule has 172 valence electrons. The number of aromatic nitrogens is 3. The van der Waals surface area contributed by atoms with E-state index in [1.807, 2.05) is 61.5 Å². The fraction of sp³-hybridized carbons (Fsp3) is 0.320. The zero-order chi connectivity index (χ0) is 23.2. The van der Waals surface area contributed by atoms with Crippen LogP contribution in [0.5, 0.6) is 5.75 Å². The average molecular weight is 465 g/mol. The molecule has 1 unspecified atom stereocenters. The van der Waals surface area contributed by atoms with Gasteiger partial charge in [-0.2, -0.15) is 0 Å². The molecule has 0 aliphatic carbocycles. The van der Waals surface area contributed by atoms with Crippen LogP contribution in [0.15, 0.2) is 64.2 Å². The molecule has 8 heteroatoms. The Hall–Kier alpha value is -3.26. The molecule has 7 nitrogen and oxygen atoms in total. The number of ether oxygens (including phenoxy) is 1. The Morgan fingerprint density at radius 1 is 1.18 bits per heavy atom. The minimum Gasteiger partial charge on any atom is -0.497 e. The number of furan rings is 1. The predicted molar refractivity (Wildman–Crippen MR) is 130 cm³/mol. The summed E-state index contributed by atoms with van der Waals surface area (Å²) >= 11 is 1.39. The van der Waals surface area contributed by atoms with Crippen LogP contribution in [0.25, 0.3) is 22.4 Å². The second-order valence-electron chi connectivity index (χ2n) is 7.80. The summed E-state index contributed by atoms with van der Waals surface area (Å²) in [6.07, 6.45) is 2.06. The van der Waals surface area contributed by atoms with Crippen molar-refractivity contribution in [3.63, 3.8) is 0 Å². The number of unbranched alkanes of at least 4 members (excludes halogenated alkanes) is 1. The predicted octanol–water partition coefficient (Wildman–Crippen LogP) is 5.47. The van der Waals surface area contributed by atoms with Gasteiger partial charge in [-0.25, -0.2) is 0 Å². The number of carbonyl (C=O) groups is 1. The Kier molecular flexibility index (Phi) is 7.34. The highest BCUT2D eigenvalue weighted by Crippen LogP contribution is 2.27. The molecule has 2 aromatic heterocycles. The summed E-state index contributed by atoms with van der Waals surface area (Å²) in [5, 5.41) is 13.6. The van der Waals surface area contributed by atoms with Crippen molar-refractivity contribution in [1.29, 1.82) is 0 Å². The van der Waals surface area contributed by atoms with Crippen molar-refractivity contribution in [3.8, 4) is 17.1 Å². The van der Waals surface area contributed by atoms with E-state index >= 15 is 0 Å². The van der Waals surface area contributed by atoms with Crippen LogP contribution in [0, 0.1) is 0 Å². The first kappa shape index (κ1) is 22.9. The lowest BCUT2D eigenvalue weighted by atomic mass is 10.2. The molecular formula is C25H28N4O3S. The van der Waals surface area contributed by atoms with E-state index < -0.39 is 0 Å². The van der Waals surface area contributed by atoms with Crippen molar-refractivity contribution >= 4 is 28.6 Å². The van der Waals surface area contributed by atoms with E-state index in [0.29, 0.717) is 0 Å². The Balaban J connectivity index is 1.43. The number of thioether (sulfide) groups is 1. The molecule has 0 radical (unpaired) electrons. The summed E-state index contributed by atoms with van der Waals surface area (Å²) in [5.74, 6) is 2.50. The van der Waals surface area contributed by atoms with Crippen LogP contribution in [0.2, 0.25) is 0 Å². The maximum absolute atomic E-state index is 12.6. The lowest BCUT2D eigenvalue weighted by molar-refractivity contribution is -0.119. The standard InChI is InChI=1S/C25H28N4O3S/c1-4-5-14-29-24(18-10-12-20(31-3)13-11-18)27-28-25(29)33-16-23(30)26-17(2)22-15-19-8-6-7-9-21(19)32-22/h6-13,15,17H,4-5,14,16H2,1-3H3,(H,26,30). The lowest BCUT2D eigenvalue weighted by Gasteiger charge is -2.12. The molecule has 4 aromatic rings. The monoisotopic (exact) mass is 464 g/mol. The highest BCUT2D eigenvalue weighted by atomic mass is 32.2. The van der Waals surface area contributed by atoms with Gasteiger partial charge in [-0.3, -0.25) is 4.79 Å². The number of rotatable bonds is 10. The van der Waals surface area contributed by atoms with Crippen LogP contribution in [0.3, 0.4) is 0 Å². The molecule has 0 saturated heterocycles. The fourth-order valence-corrected chi connectivity index (χ4v) is 4.34. The largest absolute Gasteiger partial charge is 0.497 e. The van der Waals surface area contributed by atoms with Crippen molar-refractivity contribution in [2.24, 2.45) is 0 Å². The number of nitrogens with one attached hydrogen (secondary N) is 1. The molecule has 4 rings (SSSR count). The van der Waals surface area contributed by atoms with Crippen LogP contribution < -0.4 is 10.1 Å². The number of benzene rings is 2. The van der Waals surface area contributed by atoms with Gasteiger partial charge in [-0.15, -0.1) is 10.2 Å². The highest BCUT2D eigenvalue weighted by Gasteiger charge is 2.18. The van der Waals surface area contributed by atoms with Crippen LogP contribution in [-0.2, 0) is 11.3 Å². The zero-order valence-electron chi connectivity index (χ0n) is 19.1. The van der Waals surface area contributed by atoms with Gasteiger partial charge >= 0.3 is 0 Å². The van der Waals surface area contributed by atoms with Gasteiger partial charge in [0, 0.05) is 17.5 Å². The van der Waals surface area contributed by atoms with Gasteiger partial charge in [0.15, 0.2) is 11.0 Å². The van der Waals surface area contributed by atoms with Gasteiger partial charge in [-0.1, -0.05) is 43.3 Å². The molecule has 1 amide bonds. The van der Waals surface area contributed by atoms with E-state index in [4.69, 9.17) is 9.15 Å². The minimum atomic E-state index is -0.224. The van der Waals surface area contributed by atoms with Crippen LogP contribution >= 0.6 is 11.8 Å². The van der Waals surface area contributed by atoms with Crippen LogP contribution in [-0.4, -0.2) is 33.5 Å². The Labute approximate surface area is 197 Å². The van der Waals surface area contributed by atoms with E-state index in [1.165, 1.54) is 11.8 Å². The third-order valence-corrected chi connectivity index (χ3v) is 6.35. The van der Waals surface area contributed by atoms with E-state index in [1.54, 1.807) is 7.11 Å². The molecule has 1 atom stereocenters. The second-order valence-corrected chi connectivity index (χ2v) is 8.75. The molecule has 0 saturated carbocycles. The number of amides is 1. The third-order valence-electron chi connectivity index (χ3n) is 5.38. The molecule has 0 fully saturated rings. The summed E-state index contributed by atoms with van der Waals surface area (Å²) in [6, 6.07) is 17.3. The molecule has 2 aromatic carbocycles. The summed E-state index contributed by atoms with van der Waals surface area (Å²) in [5.41, 5.74) is 1.78. The third kappa shape index (κ3) is 5.39. The van der Waals surface area contributed by atoms with E-state index in [-0.39, 0.29) is 17.7 Å². The summed E-state index contributed by atoms with van der Waals surface area (Å²) < 4.78 is 13.2. The van der Waals surface area contributed by atoms with Gasteiger partial charge in [0.05, 0.1) is 18.9 Å². The van der Waals surface area contributed by atoms with Crippen LogP contribution in [0.4, 0.5) is 0 Å². The zero-order valence-corrected chi connectivity index (χ0v) is 19.9. The molecule has 0 aliphatic rings. The summed E-state index contributed by atoms with van der Waals surface area (Å²) in [7, 11) is 1.65. The molecule has 0 spiro atoms. The Bertz CT molecular complexity index is 1180. The molecular weight excluding hydrogens is 436 g/mol. The highest BCUT2D eigenvalue weighted by molar-refractivity contribution is 7.99. The van der Waals surface area contributed by atoms with Gasteiger partial charge in [0.25, 0.3) is 0 Å². The Morgan fingerprint density at radius 3 is 2.70 bits per heavy atom. The first-order valence-corrected chi connectivity index (χ1v) is 12.1.